The van der Waals surface area contributed by atoms with Crippen molar-refractivity contribution in [1.29, 1.82) is 0 Å². The Morgan fingerprint density at radius 2 is 2.10 bits per heavy atom. The molecule has 0 amide bonds. The fourth-order valence-electron chi connectivity index (χ4n) is 2.28. The zero-order chi connectivity index (χ0) is 15.6. The molecule has 1 unspecified atom stereocenters. The van der Waals surface area contributed by atoms with E-state index in [1.54, 1.807) is 0 Å². The third kappa shape index (κ3) is 3.50. The molecule has 0 spiro atoms. The molecule has 2 N–H and O–H groups in total. The summed E-state index contributed by atoms with van der Waals surface area (Å²) in [5, 5.41) is 0. The van der Waals surface area contributed by atoms with Crippen LogP contribution in [0.5, 0.6) is 0 Å². The molecule has 1 aliphatic heterocycles. The first-order valence-electron chi connectivity index (χ1n) is 6.65. The molecule has 5 nitrogen and oxygen atoms in total. The second-order valence-electron chi connectivity index (χ2n) is 5.09. The van der Waals surface area contributed by atoms with E-state index >= 15 is 0 Å². The molecule has 1 aliphatic rings. The van der Waals surface area contributed by atoms with Crippen LogP contribution in [-0.4, -0.2) is 39.0 Å². The molecular formula is C13H18F2N2O3S. The highest BCUT2D eigenvalue weighted by Gasteiger charge is 2.29. The summed E-state index contributed by atoms with van der Waals surface area (Å²) in [6.45, 7) is 0.679. The Hall–Kier alpha value is -1.25. The van der Waals surface area contributed by atoms with Gasteiger partial charge in [0.2, 0.25) is 10.0 Å². The van der Waals surface area contributed by atoms with E-state index in [-0.39, 0.29) is 18.3 Å². The normalized spacial score (nSPS) is 19.9. The fourth-order valence-corrected chi connectivity index (χ4v) is 3.58. The van der Waals surface area contributed by atoms with Gasteiger partial charge >= 0.3 is 0 Å². The Balaban J connectivity index is 2.24. The topological polar surface area (TPSA) is 72.6 Å². The lowest BCUT2D eigenvalue weighted by Crippen LogP contribution is -2.37. The van der Waals surface area contributed by atoms with Crippen molar-refractivity contribution in [2.75, 3.05) is 25.9 Å². The smallest absolute Gasteiger partial charge is 0.246 e. The average molecular weight is 320 g/mol. The third-order valence-corrected chi connectivity index (χ3v) is 5.26. The van der Waals surface area contributed by atoms with E-state index in [4.69, 9.17) is 10.5 Å². The highest BCUT2D eigenvalue weighted by Crippen LogP contribution is 2.24. The number of hydrogen-bond donors (Lipinski definition) is 1. The number of benzene rings is 1. The van der Waals surface area contributed by atoms with Gasteiger partial charge in [-0.1, -0.05) is 0 Å². The highest BCUT2D eigenvalue weighted by atomic mass is 32.2. The lowest BCUT2D eigenvalue weighted by molar-refractivity contribution is 0.00856. The summed E-state index contributed by atoms with van der Waals surface area (Å²) in [6.07, 6.45) is 2.42. The summed E-state index contributed by atoms with van der Waals surface area (Å²) in [4.78, 5) is -0.752. The number of ether oxygens (including phenoxy) is 1. The van der Waals surface area contributed by atoms with Crippen molar-refractivity contribution in [2.45, 2.75) is 30.3 Å². The van der Waals surface area contributed by atoms with E-state index < -0.39 is 26.6 Å². The van der Waals surface area contributed by atoms with Crippen molar-refractivity contribution in [3.63, 3.8) is 0 Å². The molecule has 0 saturated carbocycles. The highest BCUT2D eigenvalue weighted by molar-refractivity contribution is 7.89. The van der Waals surface area contributed by atoms with Crippen molar-refractivity contribution in [3.05, 3.63) is 23.8 Å². The Morgan fingerprint density at radius 1 is 1.38 bits per heavy atom. The van der Waals surface area contributed by atoms with Gasteiger partial charge in [0.05, 0.1) is 6.10 Å². The number of likely N-dealkylation sites (N-methyl/N-ethyl adjacent to an activating group) is 1. The summed E-state index contributed by atoms with van der Waals surface area (Å²) in [7, 11) is -2.84. The molecule has 2 rings (SSSR count). The Labute approximate surface area is 122 Å². The van der Waals surface area contributed by atoms with Crippen molar-refractivity contribution in [3.8, 4) is 0 Å². The zero-order valence-electron chi connectivity index (χ0n) is 11.7. The molecule has 8 heteroatoms. The Morgan fingerprint density at radius 3 is 2.71 bits per heavy atom. The van der Waals surface area contributed by atoms with Crippen LogP contribution in [0, 0.1) is 11.6 Å². The predicted molar refractivity (Wildman–Crippen MR) is 74.2 cm³/mol. The van der Waals surface area contributed by atoms with Gasteiger partial charge < -0.3 is 10.5 Å². The maximum atomic E-state index is 13.7. The minimum Gasteiger partial charge on any atom is -0.399 e. The molecule has 0 aromatic heterocycles. The lowest BCUT2D eigenvalue weighted by Gasteiger charge is -2.27. The number of nitrogen functional groups attached to an aromatic ring is 1. The van der Waals surface area contributed by atoms with Gasteiger partial charge in [-0.2, -0.15) is 4.31 Å². The monoisotopic (exact) mass is 320 g/mol. The van der Waals surface area contributed by atoms with Crippen LogP contribution in [-0.2, 0) is 14.8 Å². The number of rotatable bonds is 4. The zero-order valence-corrected chi connectivity index (χ0v) is 12.5. The van der Waals surface area contributed by atoms with Crippen molar-refractivity contribution in [1.82, 2.24) is 4.31 Å². The third-order valence-electron chi connectivity index (χ3n) is 3.44. The SMILES string of the molecule is CN(CC1CCCCO1)S(=O)(=O)c1cc(N)cc(F)c1F. The first-order valence-corrected chi connectivity index (χ1v) is 8.09. The molecule has 0 radical (unpaired) electrons. The maximum Gasteiger partial charge on any atom is 0.246 e. The van der Waals surface area contributed by atoms with Crippen LogP contribution in [0.4, 0.5) is 14.5 Å². The van der Waals surface area contributed by atoms with Gasteiger partial charge in [-0.15, -0.1) is 0 Å². The summed E-state index contributed by atoms with van der Waals surface area (Å²) in [6, 6.07) is 1.67. The van der Waals surface area contributed by atoms with Crippen molar-refractivity contribution >= 4 is 15.7 Å². The second-order valence-corrected chi connectivity index (χ2v) is 7.10. The molecule has 1 atom stereocenters. The summed E-state index contributed by atoms with van der Waals surface area (Å²) >= 11 is 0. The lowest BCUT2D eigenvalue weighted by atomic mass is 10.1. The summed E-state index contributed by atoms with van der Waals surface area (Å²) < 4.78 is 58.2. The standard InChI is InChI=1S/C13H18F2N2O3S/c1-17(8-10-4-2-3-5-20-10)21(18,19)12-7-9(16)6-11(14)13(12)15/h6-7,10H,2-5,8,16H2,1H3. The van der Waals surface area contributed by atoms with Crippen LogP contribution in [0.1, 0.15) is 19.3 Å². The number of sulfonamides is 1. The number of nitrogens with two attached hydrogens (primary N) is 1. The predicted octanol–water partition coefficient (Wildman–Crippen LogP) is 1.74. The second kappa shape index (κ2) is 6.25. The summed E-state index contributed by atoms with van der Waals surface area (Å²) in [5.41, 5.74) is 5.25. The van der Waals surface area contributed by atoms with Crippen LogP contribution >= 0.6 is 0 Å². The molecule has 1 saturated heterocycles. The van der Waals surface area contributed by atoms with Crippen LogP contribution in [0.25, 0.3) is 0 Å². The number of anilines is 1. The van der Waals surface area contributed by atoms with Crippen molar-refractivity contribution in [2.24, 2.45) is 0 Å². The van der Waals surface area contributed by atoms with E-state index in [2.05, 4.69) is 0 Å². The fraction of sp³-hybridized carbons (Fsp3) is 0.538. The van der Waals surface area contributed by atoms with E-state index in [0.717, 1.165) is 35.7 Å². The number of nitrogens with zero attached hydrogens (tertiary/aromatic N) is 1. The number of halogens is 2. The molecule has 1 aromatic rings. The number of hydrogen-bond acceptors (Lipinski definition) is 4. The molecule has 1 heterocycles. The summed E-state index contributed by atoms with van der Waals surface area (Å²) in [5.74, 6) is -2.70. The van der Waals surface area contributed by atoms with Crippen LogP contribution in [0.3, 0.4) is 0 Å². The van der Waals surface area contributed by atoms with Crippen molar-refractivity contribution < 1.29 is 21.9 Å². The van der Waals surface area contributed by atoms with Gasteiger partial charge in [0.15, 0.2) is 11.6 Å². The Kier molecular flexibility index (Phi) is 4.80. The first-order chi connectivity index (χ1) is 9.82. The minimum absolute atomic E-state index is 0.0954. The molecule has 1 aromatic carbocycles. The Bertz CT molecular complexity index is 616. The average Bonchev–Trinajstić information content (AvgIpc) is 2.43. The largest absolute Gasteiger partial charge is 0.399 e. The van der Waals surface area contributed by atoms with Gasteiger partial charge in [-0.25, -0.2) is 17.2 Å². The van der Waals surface area contributed by atoms with Crippen LogP contribution < -0.4 is 5.73 Å². The van der Waals surface area contributed by atoms with Gasteiger partial charge in [0.25, 0.3) is 0 Å². The maximum absolute atomic E-state index is 13.7. The quantitative estimate of drug-likeness (QED) is 0.858. The first kappa shape index (κ1) is 16.1. The van der Waals surface area contributed by atoms with Gasteiger partial charge in [-0.05, 0) is 31.4 Å². The molecule has 21 heavy (non-hydrogen) atoms. The van der Waals surface area contributed by atoms with Crippen LogP contribution in [0.2, 0.25) is 0 Å². The molecule has 1 fully saturated rings. The van der Waals surface area contributed by atoms with E-state index in [1.165, 1.54) is 7.05 Å². The van der Waals surface area contributed by atoms with E-state index in [9.17, 15) is 17.2 Å². The minimum atomic E-state index is -4.16. The molecule has 0 bridgehead atoms. The molecular weight excluding hydrogens is 302 g/mol. The molecule has 118 valence electrons. The van der Waals surface area contributed by atoms with E-state index in [1.807, 2.05) is 0 Å². The van der Waals surface area contributed by atoms with Gasteiger partial charge in [-0.3, -0.25) is 0 Å². The van der Waals surface area contributed by atoms with Gasteiger partial charge in [0.1, 0.15) is 4.90 Å². The van der Waals surface area contributed by atoms with Crippen LogP contribution in [0.15, 0.2) is 17.0 Å². The van der Waals surface area contributed by atoms with E-state index in [0.29, 0.717) is 6.61 Å². The van der Waals surface area contributed by atoms with Gasteiger partial charge in [0, 0.05) is 25.9 Å². The molecule has 0 aliphatic carbocycles.